The number of hydrogen-bond donors (Lipinski definition) is 2. The first kappa shape index (κ1) is 14.5. The summed E-state index contributed by atoms with van der Waals surface area (Å²) >= 11 is 0. The van der Waals surface area contributed by atoms with Gasteiger partial charge in [0.15, 0.2) is 0 Å². The Bertz CT molecular complexity index is 255. The SMILES string of the molecule is CCNC(=O)CN(C)C(=O)NCC(F)(F)F. The molecule has 0 aromatic heterocycles. The van der Waals surface area contributed by atoms with Crippen LogP contribution in [0.25, 0.3) is 0 Å². The predicted molar refractivity (Wildman–Crippen MR) is 50.8 cm³/mol. The fourth-order valence-electron chi connectivity index (χ4n) is 0.851. The first-order valence-electron chi connectivity index (χ1n) is 4.58. The van der Waals surface area contributed by atoms with Crippen LogP contribution in [-0.2, 0) is 4.79 Å². The molecule has 5 nitrogen and oxygen atoms in total. The number of hydrogen-bond acceptors (Lipinski definition) is 2. The van der Waals surface area contributed by atoms with Gasteiger partial charge in [0.2, 0.25) is 5.91 Å². The second kappa shape index (κ2) is 6.19. The van der Waals surface area contributed by atoms with Crippen molar-refractivity contribution in [2.24, 2.45) is 0 Å². The summed E-state index contributed by atoms with van der Waals surface area (Å²) in [5.74, 6) is -0.424. The molecule has 0 aromatic carbocycles. The second-order valence-corrected chi connectivity index (χ2v) is 3.08. The van der Waals surface area contributed by atoms with Crippen molar-refractivity contribution < 1.29 is 22.8 Å². The van der Waals surface area contributed by atoms with E-state index >= 15 is 0 Å². The molecule has 16 heavy (non-hydrogen) atoms. The largest absolute Gasteiger partial charge is 0.405 e. The van der Waals surface area contributed by atoms with Crippen LogP contribution in [0.1, 0.15) is 6.92 Å². The van der Waals surface area contributed by atoms with Crippen molar-refractivity contribution in [2.45, 2.75) is 13.1 Å². The van der Waals surface area contributed by atoms with E-state index in [9.17, 15) is 22.8 Å². The zero-order valence-electron chi connectivity index (χ0n) is 9.02. The van der Waals surface area contributed by atoms with E-state index in [1.165, 1.54) is 7.05 Å². The maximum atomic E-state index is 11.8. The van der Waals surface area contributed by atoms with E-state index in [4.69, 9.17) is 0 Å². The summed E-state index contributed by atoms with van der Waals surface area (Å²) in [4.78, 5) is 22.9. The first-order chi connectivity index (χ1) is 7.26. The molecule has 2 N–H and O–H groups in total. The lowest BCUT2D eigenvalue weighted by Gasteiger charge is -2.17. The third kappa shape index (κ3) is 6.91. The molecule has 0 spiro atoms. The highest BCUT2D eigenvalue weighted by atomic mass is 19.4. The lowest BCUT2D eigenvalue weighted by molar-refractivity contribution is -0.123. The Kier molecular flexibility index (Phi) is 5.62. The normalized spacial score (nSPS) is 10.8. The van der Waals surface area contributed by atoms with Gasteiger partial charge >= 0.3 is 12.2 Å². The molecule has 0 rings (SSSR count). The number of carbonyl (C=O) groups excluding carboxylic acids is 2. The van der Waals surface area contributed by atoms with Gasteiger partial charge in [0, 0.05) is 13.6 Å². The summed E-state index contributed by atoms with van der Waals surface area (Å²) in [5, 5.41) is 4.07. The average molecular weight is 241 g/mol. The molecule has 3 amide bonds. The van der Waals surface area contributed by atoms with Crippen LogP contribution < -0.4 is 10.6 Å². The van der Waals surface area contributed by atoms with Gasteiger partial charge in [-0.05, 0) is 6.92 Å². The molecule has 0 aliphatic carbocycles. The van der Waals surface area contributed by atoms with E-state index < -0.39 is 24.7 Å². The molecule has 0 aromatic rings. The van der Waals surface area contributed by atoms with Crippen LogP contribution >= 0.6 is 0 Å². The molecule has 0 saturated heterocycles. The third-order valence-corrected chi connectivity index (χ3v) is 1.54. The van der Waals surface area contributed by atoms with Crippen LogP contribution in [-0.4, -0.2) is 49.7 Å². The van der Waals surface area contributed by atoms with E-state index in [1.807, 2.05) is 0 Å². The number of likely N-dealkylation sites (N-methyl/N-ethyl adjacent to an activating group) is 2. The molecule has 0 unspecified atom stereocenters. The number of amides is 3. The molecule has 0 aliphatic rings. The Morgan fingerprint density at radius 3 is 2.25 bits per heavy atom. The minimum atomic E-state index is -4.46. The van der Waals surface area contributed by atoms with Gasteiger partial charge in [-0.2, -0.15) is 13.2 Å². The van der Waals surface area contributed by atoms with Crippen LogP contribution in [0.15, 0.2) is 0 Å². The van der Waals surface area contributed by atoms with Crippen molar-refractivity contribution in [1.82, 2.24) is 15.5 Å². The molecule has 0 saturated carbocycles. The third-order valence-electron chi connectivity index (χ3n) is 1.54. The number of carbonyl (C=O) groups is 2. The summed E-state index contributed by atoms with van der Waals surface area (Å²) in [6.45, 7) is 0.404. The van der Waals surface area contributed by atoms with Crippen molar-refractivity contribution in [1.29, 1.82) is 0 Å². The van der Waals surface area contributed by atoms with Crippen molar-refractivity contribution in [2.75, 3.05) is 26.7 Å². The summed E-state index contributed by atoms with van der Waals surface area (Å²) < 4.78 is 35.3. The number of alkyl halides is 3. The molecular formula is C8H14F3N3O2. The summed E-state index contributed by atoms with van der Waals surface area (Å²) in [6.07, 6.45) is -4.46. The predicted octanol–water partition coefficient (Wildman–Crippen LogP) is 0.326. The number of halogens is 3. The highest BCUT2D eigenvalue weighted by Gasteiger charge is 2.28. The summed E-state index contributed by atoms with van der Waals surface area (Å²) in [5.41, 5.74) is 0. The monoisotopic (exact) mass is 241 g/mol. The van der Waals surface area contributed by atoms with Gasteiger partial charge in [-0.3, -0.25) is 4.79 Å². The number of nitrogens with one attached hydrogen (secondary N) is 2. The maximum Gasteiger partial charge on any atom is 0.405 e. The zero-order valence-corrected chi connectivity index (χ0v) is 9.02. The summed E-state index contributed by atoms with van der Waals surface area (Å²) in [6, 6.07) is -0.941. The minimum absolute atomic E-state index is 0.280. The average Bonchev–Trinajstić information content (AvgIpc) is 2.13. The van der Waals surface area contributed by atoms with Gasteiger partial charge in [-0.25, -0.2) is 4.79 Å². The molecule has 0 atom stereocenters. The standard InChI is InChI=1S/C8H14F3N3O2/c1-3-12-6(15)4-14(2)7(16)13-5-8(9,10)11/h3-5H2,1-2H3,(H,12,15)(H,13,16). The van der Waals surface area contributed by atoms with E-state index in [-0.39, 0.29) is 6.54 Å². The Labute approximate surface area is 91.0 Å². The molecule has 0 heterocycles. The van der Waals surface area contributed by atoms with Gasteiger partial charge in [-0.15, -0.1) is 0 Å². The van der Waals surface area contributed by atoms with Crippen LogP contribution in [0.4, 0.5) is 18.0 Å². The van der Waals surface area contributed by atoms with Crippen LogP contribution in [0.2, 0.25) is 0 Å². The van der Waals surface area contributed by atoms with Crippen molar-refractivity contribution >= 4 is 11.9 Å². The molecular weight excluding hydrogens is 227 g/mol. The van der Waals surface area contributed by atoms with Gasteiger partial charge in [-0.1, -0.05) is 0 Å². The van der Waals surface area contributed by atoms with Crippen LogP contribution in [0.5, 0.6) is 0 Å². The van der Waals surface area contributed by atoms with E-state index in [2.05, 4.69) is 5.32 Å². The first-order valence-corrected chi connectivity index (χ1v) is 4.58. The maximum absolute atomic E-state index is 11.8. The highest BCUT2D eigenvalue weighted by molar-refractivity contribution is 5.83. The van der Waals surface area contributed by atoms with E-state index in [0.717, 1.165) is 4.90 Å². The molecule has 0 bridgehead atoms. The lowest BCUT2D eigenvalue weighted by Crippen LogP contribution is -2.45. The zero-order chi connectivity index (χ0) is 12.8. The van der Waals surface area contributed by atoms with Crippen molar-refractivity contribution in [3.05, 3.63) is 0 Å². The number of urea groups is 1. The fraction of sp³-hybridized carbons (Fsp3) is 0.750. The Morgan fingerprint density at radius 2 is 1.81 bits per heavy atom. The number of rotatable bonds is 4. The molecule has 0 aliphatic heterocycles. The number of nitrogens with zero attached hydrogens (tertiary/aromatic N) is 1. The molecule has 8 heteroatoms. The second-order valence-electron chi connectivity index (χ2n) is 3.08. The van der Waals surface area contributed by atoms with Crippen molar-refractivity contribution in [3.63, 3.8) is 0 Å². The van der Waals surface area contributed by atoms with Crippen LogP contribution in [0, 0.1) is 0 Å². The van der Waals surface area contributed by atoms with Gasteiger partial charge < -0.3 is 15.5 Å². The smallest absolute Gasteiger partial charge is 0.355 e. The quantitative estimate of drug-likeness (QED) is 0.745. The van der Waals surface area contributed by atoms with E-state index in [0.29, 0.717) is 6.54 Å². The van der Waals surface area contributed by atoms with Crippen molar-refractivity contribution in [3.8, 4) is 0 Å². The Morgan fingerprint density at radius 1 is 1.25 bits per heavy atom. The molecule has 0 radical (unpaired) electrons. The van der Waals surface area contributed by atoms with Gasteiger partial charge in [0.1, 0.15) is 13.1 Å². The summed E-state index contributed by atoms with van der Waals surface area (Å²) in [7, 11) is 1.24. The highest BCUT2D eigenvalue weighted by Crippen LogP contribution is 2.12. The molecule has 0 fully saturated rings. The Balaban J connectivity index is 3.95. The van der Waals surface area contributed by atoms with Gasteiger partial charge in [0.05, 0.1) is 0 Å². The van der Waals surface area contributed by atoms with Gasteiger partial charge in [0.25, 0.3) is 0 Å². The van der Waals surface area contributed by atoms with Crippen LogP contribution in [0.3, 0.4) is 0 Å². The topological polar surface area (TPSA) is 61.4 Å². The lowest BCUT2D eigenvalue weighted by atomic mass is 10.5. The minimum Gasteiger partial charge on any atom is -0.355 e. The molecule has 94 valence electrons. The van der Waals surface area contributed by atoms with E-state index in [1.54, 1.807) is 12.2 Å². The Hall–Kier alpha value is -1.47. The fourth-order valence-corrected chi connectivity index (χ4v) is 0.851.